The van der Waals surface area contributed by atoms with Gasteiger partial charge in [0.15, 0.2) is 5.16 Å². The molecule has 0 saturated heterocycles. The standard InChI is InChI=1S/C13H16N2O3S2/c1-3-15-12(16)10-6-4-5-7-11(10)14-13(15)19-8-9-20(2,17)18/h4-7H,3,8-9H2,1-2H3. The molecule has 0 aliphatic rings. The number of sulfone groups is 1. The number of hydrogen-bond acceptors (Lipinski definition) is 5. The predicted octanol–water partition coefficient (Wildman–Crippen LogP) is 1.55. The number of aromatic nitrogens is 2. The second-order valence-corrected chi connectivity index (χ2v) is 7.76. The molecule has 0 unspecified atom stereocenters. The van der Waals surface area contributed by atoms with E-state index < -0.39 is 9.84 Å². The van der Waals surface area contributed by atoms with E-state index in [0.717, 1.165) is 0 Å². The Kier molecular flexibility index (Phi) is 4.49. The van der Waals surface area contributed by atoms with E-state index in [1.807, 2.05) is 19.1 Å². The summed E-state index contributed by atoms with van der Waals surface area (Å²) in [6, 6.07) is 7.18. The smallest absolute Gasteiger partial charge is 0.262 e. The summed E-state index contributed by atoms with van der Waals surface area (Å²) in [5, 5.41) is 1.15. The highest BCUT2D eigenvalue weighted by Gasteiger charge is 2.11. The van der Waals surface area contributed by atoms with Crippen LogP contribution in [0.5, 0.6) is 0 Å². The third-order valence-electron chi connectivity index (χ3n) is 2.83. The Morgan fingerprint density at radius 2 is 2.00 bits per heavy atom. The van der Waals surface area contributed by atoms with Crippen molar-refractivity contribution in [1.29, 1.82) is 0 Å². The predicted molar refractivity (Wildman–Crippen MR) is 82.1 cm³/mol. The zero-order chi connectivity index (χ0) is 14.8. The number of nitrogens with zero attached hydrogens (tertiary/aromatic N) is 2. The zero-order valence-corrected chi connectivity index (χ0v) is 13.0. The normalized spacial score (nSPS) is 11.9. The highest BCUT2D eigenvalue weighted by atomic mass is 32.2. The molecule has 0 atom stereocenters. The summed E-state index contributed by atoms with van der Waals surface area (Å²) in [6.45, 7) is 2.39. The summed E-state index contributed by atoms with van der Waals surface area (Å²) in [4.78, 5) is 16.8. The van der Waals surface area contributed by atoms with Crippen molar-refractivity contribution >= 4 is 32.5 Å². The monoisotopic (exact) mass is 312 g/mol. The third kappa shape index (κ3) is 3.40. The Morgan fingerprint density at radius 3 is 2.65 bits per heavy atom. The van der Waals surface area contributed by atoms with Gasteiger partial charge in [0.05, 0.1) is 16.7 Å². The second-order valence-electron chi connectivity index (χ2n) is 4.44. The van der Waals surface area contributed by atoms with E-state index in [2.05, 4.69) is 4.98 Å². The van der Waals surface area contributed by atoms with Gasteiger partial charge >= 0.3 is 0 Å². The van der Waals surface area contributed by atoms with E-state index in [0.29, 0.717) is 28.4 Å². The topological polar surface area (TPSA) is 69.0 Å². The molecular formula is C13H16N2O3S2. The van der Waals surface area contributed by atoms with Crippen LogP contribution >= 0.6 is 11.8 Å². The van der Waals surface area contributed by atoms with Crippen molar-refractivity contribution in [3.05, 3.63) is 34.6 Å². The highest BCUT2D eigenvalue weighted by Crippen LogP contribution is 2.17. The first-order valence-corrected chi connectivity index (χ1v) is 9.27. The van der Waals surface area contributed by atoms with Crippen LogP contribution in [0.4, 0.5) is 0 Å². The Bertz CT molecular complexity index is 782. The van der Waals surface area contributed by atoms with Gasteiger partial charge < -0.3 is 0 Å². The quantitative estimate of drug-likeness (QED) is 0.619. The van der Waals surface area contributed by atoms with Gasteiger partial charge in [0.25, 0.3) is 5.56 Å². The van der Waals surface area contributed by atoms with Crippen molar-refractivity contribution in [2.75, 3.05) is 17.8 Å². The molecule has 1 aromatic carbocycles. The number of benzene rings is 1. The Morgan fingerprint density at radius 1 is 1.30 bits per heavy atom. The molecule has 0 spiro atoms. The Labute approximate surface area is 121 Å². The minimum Gasteiger partial charge on any atom is -0.287 e. The fourth-order valence-corrected chi connectivity index (χ4v) is 4.08. The minimum absolute atomic E-state index is 0.0735. The molecule has 0 saturated carbocycles. The summed E-state index contributed by atoms with van der Waals surface area (Å²) in [5.74, 6) is 0.466. The highest BCUT2D eigenvalue weighted by molar-refractivity contribution is 8.00. The molecule has 1 heterocycles. The van der Waals surface area contributed by atoms with Gasteiger partial charge in [-0.3, -0.25) is 9.36 Å². The lowest BCUT2D eigenvalue weighted by atomic mass is 10.2. The maximum Gasteiger partial charge on any atom is 0.262 e. The Hall–Kier alpha value is -1.34. The van der Waals surface area contributed by atoms with Crippen molar-refractivity contribution in [3.63, 3.8) is 0 Å². The lowest BCUT2D eigenvalue weighted by Gasteiger charge is -2.10. The van der Waals surface area contributed by atoms with Crippen LogP contribution in [0.2, 0.25) is 0 Å². The minimum atomic E-state index is -3.00. The lowest BCUT2D eigenvalue weighted by Crippen LogP contribution is -2.22. The van der Waals surface area contributed by atoms with Gasteiger partial charge in [-0.05, 0) is 19.1 Å². The van der Waals surface area contributed by atoms with Crippen LogP contribution in [-0.4, -0.2) is 35.7 Å². The average molecular weight is 312 g/mol. The van der Waals surface area contributed by atoms with Gasteiger partial charge in [-0.2, -0.15) is 0 Å². The SMILES string of the molecule is CCn1c(SCCS(C)(=O)=O)nc2ccccc2c1=O. The maximum absolute atomic E-state index is 12.3. The van der Waals surface area contributed by atoms with Crippen molar-refractivity contribution in [2.24, 2.45) is 0 Å². The Balaban J connectivity index is 2.39. The van der Waals surface area contributed by atoms with E-state index in [1.54, 1.807) is 16.7 Å². The van der Waals surface area contributed by atoms with E-state index in [-0.39, 0.29) is 11.3 Å². The van der Waals surface area contributed by atoms with Gasteiger partial charge in [-0.25, -0.2) is 13.4 Å². The molecule has 0 radical (unpaired) electrons. The fraction of sp³-hybridized carbons (Fsp3) is 0.385. The first-order chi connectivity index (χ1) is 9.42. The number of thioether (sulfide) groups is 1. The summed E-state index contributed by atoms with van der Waals surface area (Å²) >= 11 is 1.30. The lowest BCUT2D eigenvalue weighted by molar-refractivity contribution is 0.603. The second kappa shape index (κ2) is 5.97. The zero-order valence-electron chi connectivity index (χ0n) is 11.4. The number of rotatable bonds is 5. The molecule has 0 N–H and O–H groups in total. The summed E-state index contributed by atoms with van der Waals surface area (Å²) in [6.07, 6.45) is 1.20. The van der Waals surface area contributed by atoms with Gasteiger partial charge in [0.1, 0.15) is 9.84 Å². The summed E-state index contributed by atoms with van der Waals surface area (Å²) < 4.78 is 23.9. The molecule has 2 rings (SSSR count). The molecule has 108 valence electrons. The van der Waals surface area contributed by atoms with Gasteiger partial charge in [-0.15, -0.1) is 0 Å². The molecule has 0 amide bonds. The molecule has 0 aliphatic heterocycles. The van der Waals surface area contributed by atoms with E-state index in [9.17, 15) is 13.2 Å². The van der Waals surface area contributed by atoms with Gasteiger partial charge in [-0.1, -0.05) is 23.9 Å². The molecule has 0 bridgehead atoms. The summed E-state index contributed by atoms with van der Waals surface area (Å²) in [5.41, 5.74) is 0.559. The van der Waals surface area contributed by atoms with Gasteiger partial charge in [0.2, 0.25) is 0 Å². The first kappa shape index (κ1) is 15.1. The number of para-hydroxylation sites is 1. The third-order valence-corrected chi connectivity index (χ3v) is 5.01. The van der Waals surface area contributed by atoms with E-state index in [1.165, 1.54) is 18.0 Å². The molecule has 2 aromatic rings. The van der Waals surface area contributed by atoms with Crippen molar-refractivity contribution < 1.29 is 8.42 Å². The van der Waals surface area contributed by atoms with Crippen molar-refractivity contribution in [2.45, 2.75) is 18.6 Å². The fourth-order valence-electron chi connectivity index (χ4n) is 1.82. The van der Waals surface area contributed by atoms with Crippen LogP contribution in [0.1, 0.15) is 6.92 Å². The first-order valence-electron chi connectivity index (χ1n) is 6.22. The van der Waals surface area contributed by atoms with Crippen LogP contribution in [0, 0.1) is 0 Å². The van der Waals surface area contributed by atoms with E-state index >= 15 is 0 Å². The largest absolute Gasteiger partial charge is 0.287 e. The van der Waals surface area contributed by atoms with Crippen LogP contribution in [0.15, 0.2) is 34.2 Å². The van der Waals surface area contributed by atoms with Crippen LogP contribution in [0.3, 0.4) is 0 Å². The maximum atomic E-state index is 12.3. The average Bonchev–Trinajstić information content (AvgIpc) is 2.38. The molecule has 0 fully saturated rings. The molecule has 1 aromatic heterocycles. The van der Waals surface area contributed by atoms with Crippen LogP contribution in [-0.2, 0) is 16.4 Å². The van der Waals surface area contributed by atoms with E-state index in [4.69, 9.17) is 0 Å². The molecule has 20 heavy (non-hydrogen) atoms. The van der Waals surface area contributed by atoms with Crippen LogP contribution < -0.4 is 5.56 Å². The molecule has 5 nitrogen and oxygen atoms in total. The van der Waals surface area contributed by atoms with Crippen LogP contribution in [0.25, 0.3) is 10.9 Å². The van der Waals surface area contributed by atoms with Gasteiger partial charge in [0, 0.05) is 18.6 Å². The molecular weight excluding hydrogens is 296 g/mol. The van der Waals surface area contributed by atoms with Crippen molar-refractivity contribution in [1.82, 2.24) is 9.55 Å². The molecule has 0 aliphatic carbocycles. The number of fused-ring (bicyclic) bond motifs is 1. The number of hydrogen-bond donors (Lipinski definition) is 0. The molecule has 7 heteroatoms. The van der Waals surface area contributed by atoms with Crippen molar-refractivity contribution in [3.8, 4) is 0 Å². The summed E-state index contributed by atoms with van der Waals surface area (Å²) in [7, 11) is -3.00.